The Balaban J connectivity index is 2.76. The maximum absolute atomic E-state index is 8.02. The van der Waals surface area contributed by atoms with Crippen molar-refractivity contribution in [2.75, 3.05) is 12.3 Å². The third-order valence-electron chi connectivity index (χ3n) is 1.48. The number of nitrogen functional groups attached to an aromatic ring is 1. The first-order valence-corrected chi connectivity index (χ1v) is 4.20. The van der Waals surface area contributed by atoms with Gasteiger partial charge in [0.05, 0.1) is 0 Å². The van der Waals surface area contributed by atoms with Gasteiger partial charge in [0.15, 0.2) is 0 Å². The van der Waals surface area contributed by atoms with E-state index in [0.717, 1.165) is 5.56 Å². The lowest BCUT2D eigenvalue weighted by Crippen LogP contribution is -1.90. The lowest BCUT2D eigenvalue weighted by Gasteiger charge is -1.98. The summed E-state index contributed by atoms with van der Waals surface area (Å²) >= 11 is 5.62. The first-order valence-electron chi connectivity index (χ1n) is 3.82. The summed E-state index contributed by atoms with van der Waals surface area (Å²) in [5.74, 6) is 0. The maximum Gasteiger partial charge on any atom is 0.131 e. The minimum atomic E-state index is 0.290. The number of pyridine rings is 1. The molecule has 0 spiro atoms. The normalized spacial score (nSPS) is 10.1. The van der Waals surface area contributed by atoms with Gasteiger partial charge in [0.1, 0.15) is 5.15 Å². The molecule has 0 saturated heterocycles. The van der Waals surface area contributed by atoms with Gasteiger partial charge in [-0.05, 0) is 11.6 Å². The van der Waals surface area contributed by atoms with Gasteiger partial charge in [-0.2, -0.15) is 0 Å². The van der Waals surface area contributed by atoms with E-state index >= 15 is 0 Å². The van der Waals surface area contributed by atoms with Crippen LogP contribution in [0, 0.1) is 0 Å². The Hall–Kier alpha value is -1.71. The maximum atomic E-state index is 8.02. The minimum Gasteiger partial charge on any atom is -0.398 e. The van der Waals surface area contributed by atoms with Crippen molar-refractivity contribution in [1.82, 2.24) is 4.98 Å². The third kappa shape index (κ3) is 2.97. The highest BCUT2D eigenvalue weighted by Gasteiger charge is 1.96. The van der Waals surface area contributed by atoms with Crippen molar-refractivity contribution in [2.45, 2.75) is 0 Å². The highest BCUT2D eigenvalue weighted by atomic mass is 35.5. The Morgan fingerprint density at radius 1 is 1.71 bits per heavy atom. The van der Waals surface area contributed by atoms with Gasteiger partial charge >= 0.3 is 0 Å². The molecular weight excluding hydrogens is 202 g/mol. The van der Waals surface area contributed by atoms with Crippen molar-refractivity contribution < 1.29 is 0 Å². The van der Waals surface area contributed by atoms with E-state index < -0.39 is 0 Å². The van der Waals surface area contributed by atoms with Crippen molar-refractivity contribution in [1.29, 1.82) is 0 Å². The Morgan fingerprint density at radius 3 is 3.14 bits per heavy atom. The van der Waals surface area contributed by atoms with E-state index in [9.17, 15) is 0 Å². The molecule has 0 unspecified atom stereocenters. The summed E-state index contributed by atoms with van der Waals surface area (Å²) in [4.78, 5) is 6.48. The molecule has 0 aliphatic rings. The molecule has 0 atom stereocenters. The Bertz CT molecular complexity index is 395. The number of nitrogens with two attached hydrogens (primary N) is 1. The Labute approximate surface area is 85.8 Å². The molecule has 5 nitrogen and oxygen atoms in total. The second-order valence-corrected chi connectivity index (χ2v) is 2.84. The molecule has 6 heteroatoms. The summed E-state index contributed by atoms with van der Waals surface area (Å²) in [7, 11) is 0. The van der Waals surface area contributed by atoms with Crippen molar-refractivity contribution >= 4 is 23.4 Å². The number of nitrogens with zero attached hydrogens (tertiary/aromatic N) is 4. The van der Waals surface area contributed by atoms with Crippen LogP contribution in [0.25, 0.3) is 16.5 Å². The topological polar surface area (TPSA) is 87.7 Å². The lowest BCUT2D eigenvalue weighted by atomic mass is 10.2. The highest BCUT2D eigenvalue weighted by molar-refractivity contribution is 6.29. The first-order chi connectivity index (χ1) is 6.74. The largest absolute Gasteiger partial charge is 0.398 e. The molecular formula is C8H8ClN5. The average molecular weight is 210 g/mol. The van der Waals surface area contributed by atoms with E-state index in [2.05, 4.69) is 15.0 Å². The number of halogens is 1. The molecule has 1 aromatic rings. The summed E-state index contributed by atoms with van der Waals surface area (Å²) in [5.41, 5.74) is 15.0. The number of anilines is 1. The van der Waals surface area contributed by atoms with Crippen molar-refractivity contribution in [3.8, 4) is 0 Å². The summed E-state index contributed by atoms with van der Waals surface area (Å²) in [6.07, 6.45) is 4.98. The average Bonchev–Trinajstić information content (AvgIpc) is 2.15. The number of hydrogen-bond acceptors (Lipinski definition) is 3. The molecule has 72 valence electrons. The molecule has 1 rings (SSSR count). The molecule has 1 heterocycles. The lowest BCUT2D eigenvalue weighted by molar-refractivity contribution is 1.22. The molecule has 0 radical (unpaired) electrons. The molecule has 0 aromatic carbocycles. The fourth-order valence-corrected chi connectivity index (χ4v) is 1.02. The van der Waals surface area contributed by atoms with Crippen LogP contribution in [0.3, 0.4) is 0 Å². The SMILES string of the molecule is [N-]=[N+]=NCC=Cc1cnc(Cl)cc1N. The summed E-state index contributed by atoms with van der Waals surface area (Å²) in [5, 5.41) is 3.70. The highest BCUT2D eigenvalue weighted by Crippen LogP contribution is 2.16. The van der Waals surface area contributed by atoms with E-state index in [4.69, 9.17) is 22.9 Å². The Morgan fingerprint density at radius 2 is 2.50 bits per heavy atom. The van der Waals surface area contributed by atoms with Gasteiger partial charge in [0.25, 0.3) is 0 Å². The number of rotatable bonds is 3. The van der Waals surface area contributed by atoms with Crippen LogP contribution < -0.4 is 5.73 Å². The molecule has 2 N–H and O–H groups in total. The zero-order valence-corrected chi connectivity index (χ0v) is 8.02. The van der Waals surface area contributed by atoms with Crippen LogP contribution in [0.1, 0.15) is 5.56 Å². The standard InChI is InChI=1S/C8H8ClN5/c9-8-4-7(10)6(5-12-8)2-1-3-13-14-11/h1-2,4-5H,3H2,(H2,10,12). The summed E-state index contributed by atoms with van der Waals surface area (Å²) in [6, 6.07) is 1.56. The molecule has 0 fully saturated rings. The number of aromatic nitrogens is 1. The Kier molecular flexibility index (Phi) is 3.79. The van der Waals surface area contributed by atoms with Gasteiger partial charge < -0.3 is 5.73 Å². The van der Waals surface area contributed by atoms with E-state index in [1.165, 1.54) is 0 Å². The minimum absolute atomic E-state index is 0.290. The fraction of sp³-hybridized carbons (Fsp3) is 0.125. The second-order valence-electron chi connectivity index (χ2n) is 2.45. The molecule has 0 bridgehead atoms. The van der Waals surface area contributed by atoms with Crippen LogP contribution in [0.5, 0.6) is 0 Å². The van der Waals surface area contributed by atoms with Crippen LogP contribution in [-0.2, 0) is 0 Å². The fourth-order valence-electron chi connectivity index (χ4n) is 0.857. The summed E-state index contributed by atoms with van der Waals surface area (Å²) in [6.45, 7) is 0.290. The van der Waals surface area contributed by atoms with Crippen LogP contribution in [0.15, 0.2) is 23.5 Å². The van der Waals surface area contributed by atoms with E-state index in [1.807, 2.05) is 0 Å². The van der Waals surface area contributed by atoms with Gasteiger partial charge in [0, 0.05) is 28.9 Å². The third-order valence-corrected chi connectivity index (χ3v) is 1.69. The molecule has 0 saturated carbocycles. The monoisotopic (exact) mass is 209 g/mol. The van der Waals surface area contributed by atoms with Gasteiger partial charge in [-0.25, -0.2) is 4.98 Å². The smallest absolute Gasteiger partial charge is 0.131 e. The number of hydrogen-bond donors (Lipinski definition) is 1. The zero-order valence-electron chi connectivity index (χ0n) is 7.26. The van der Waals surface area contributed by atoms with E-state index in [-0.39, 0.29) is 0 Å². The van der Waals surface area contributed by atoms with Gasteiger partial charge in [0.2, 0.25) is 0 Å². The van der Waals surface area contributed by atoms with Crippen LogP contribution in [0.2, 0.25) is 5.15 Å². The molecule has 1 aromatic heterocycles. The quantitative estimate of drug-likeness (QED) is 0.359. The predicted octanol–water partition coefficient (Wildman–Crippen LogP) is 2.64. The van der Waals surface area contributed by atoms with Crippen LogP contribution in [0.4, 0.5) is 5.69 Å². The zero-order chi connectivity index (χ0) is 10.4. The predicted molar refractivity (Wildman–Crippen MR) is 56.7 cm³/mol. The first kappa shape index (κ1) is 10.4. The van der Waals surface area contributed by atoms with Crippen molar-refractivity contribution in [3.63, 3.8) is 0 Å². The molecule has 0 aliphatic heterocycles. The molecule has 14 heavy (non-hydrogen) atoms. The van der Waals surface area contributed by atoms with E-state index in [0.29, 0.717) is 17.4 Å². The van der Waals surface area contributed by atoms with Crippen molar-refractivity contribution in [2.24, 2.45) is 5.11 Å². The van der Waals surface area contributed by atoms with E-state index in [1.54, 1.807) is 24.4 Å². The van der Waals surface area contributed by atoms with Crippen LogP contribution in [-0.4, -0.2) is 11.5 Å². The van der Waals surface area contributed by atoms with Crippen LogP contribution >= 0.6 is 11.6 Å². The van der Waals surface area contributed by atoms with Crippen molar-refractivity contribution in [3.05, 3.63) is 39.5 Å². The summed E-state index contributed by atoms with van der Waals surface area (Å²) < 4.78 is 0. The second kappa shape index (κ2) is 5.11. The molecule has 0 amide bonds. The van der Waals surface area contributed by atoms with Gasteiger partial charge in [-0.15, -0.1) is 0 Å². The molecule has 0 aliphatic carbocycles. The van der Waals surface area contributed by atoms with Gasteiger partial charge in [-0.1, -0.05) is 28.9 Å². The van der Waals surface area contributed by atoms with Gasteiger partial charge in [-0.3, -0.25) is 0 Å². The number of azide groups is 1.